The molecule has 0 N–H and O–H groups in total. The average Bonchev–Trinajstić information content (AvgIpc) is 2.94. The van der Waals surface area contributed by atoms with Gasteiger partial charge in [-0.3, -0.25) is 0 Å². The first-order valence-corrected chi connectivity index (χ1v) is 6.24. The molecule has 0 bridgehead atoms. The van der Waals surface area contributed by atoms with E-state index in [1.165, 1.54) is 25.7 Å². The largest absolute Gasteiger partial charge is 0.333 e. The van der Waals surface area contributed by atoms with Gasteiger partial charge >= 0.3 is 8.60 Å². The summed E-state index contributed by atoms with van der Waals surface area (Å²) in [5.74, 6) is 0. The highest BCUT2D eigenvalue weighted by Crippen LogP contribution is 2.50. The second-order valence-corrected chi connectivity index (χ2v) is 4.79. The first-order chi connectivity index (χ1) is 6.38. The molecule has 0 aromatic rings. The number of hydrogen-bond acceptors (Lipinski definition) is 3. The zero-order valence-electron chi connectivity index (χ0n) is 8.07. The molecule has 0 aromatic carbocycles. The van der Waals surface area contributed by atoms with Crippen LogP contribution in [-0.4, -0.2) is 18.8 Å². The van der Waals surface area contributed by atoms with E-state index in [2.05, 4.69) is 6.92 Å². The van der Waals surface area contributed by atoms with Gasteiger partial charge in [0.15, 0.2) is 0 Å². The summed E-state index contributed by atoms with van der Waals surface area (Å²) in [4.78, 5) is 0. The molecule has 0 aromatic heterocycles. The standard InChI is InChI=1S/C9H17O3P/c1-2-7-10-13(11-8-3-4-8)12-9-5-6-9/h8-9H,2-7H2,1H3. The smallest absolute Gasteiger partial charge is 0.312 e. The molecule has 0 heterocycles. The van der Waals surface area contributed by atoms with Crippen LogP contribution in [0.15, 0.2) is 0 Å². The van der Waals surface area contributed by atoms with E-state index in [4.69, 9.17) is 13.6 Å². The van der Waals surface area contributed by atoms with E-state index >= 15 is 0 Å². The molecule has 2 fully saturated rings. The van der Waals surface area contributed by atoms with E-state index in [9.17, 15) is 0 Å². The maximum atomic E-state index is 5.63. The van der Waals surface area contributed by atoms with E-state index in [1.54, 1.807) is 0 Å². The van der Waals surface area contributed by atoms with Crippen molar-refractivity contribution in [3.63, 3.8) is 0 Å². The van der Waals surface area contributed by atoms with Crippen molar-refractivity contribution in [2.45, 2.75) is 51.2 Å². The summed E-state index contributed by atoms with van der Waals surface area (Å²) in [6.45, 7) is 2.85. The highest BCUT2D eigenvalue weighted by atomic mass is 31.2. The minimum absolute atomic E-state index is 0.432. The number of hydrogen-bond donors (Lipinski definition) is 0. The molecule has 4 heteroatoms. The molecule has 0 amide bonds. The lowest BCUT2D eigenvalue weighted by atomic mass is 10.5. The van der Waals surface area contributed by atoms with Gasteiger partial charge in [0.2, 0.25) is 0 Å². The number of rotatable bonds is 7. The van der Waals surface area contributed by atoms with E-state index in [-0.39, 0.29) is 0 Å². The summed E-state index contributed by atoms with van der Waals surface area (Å²) in [6.07, 6.45) is 6.62. The Bertz CT molecular complexity index is 143. The van der Waals surface area contributed by atoms with Crippen LogP contribution in [0.2, 0.25) is 0 Å². The predicted octanol–water partition coefficient (Wildman–Crippen LogP) is 3.00. The molecule has 0 radical (unpaired) electrons. The Labute approximate surface area is 80.7 Å². The molecule has 0 atom stereocenters. The third-order valence-electron chi connectivity index (χ3n) is 1.92. The van der Waals surface area contributed by atoms with Crippen molar-refractivity contribution in [2.75, 3.05) is 6.61 Å². The molecule has 2 saturated carbocycles. The van der Waals surface area contributed by atoms with Crippen molar-refractivity contribution < 1.29 is 13.6 Å². The van der Waals surface area contributed by atoms with Crippen molar-refractivity contribution in [3.05, 3.63) is 0 Å². The van der Waals surface area contributed by atoms with E-state index < -0.39 is 8.60 Å². The first-order valence-electron chi connectivity index (χ1n) is 5.15. The molecule has 3 nitrogen and oxygen atoms in total. The van der Waals surface area contributed by atoms with Gasteiger partial charge < -0.3 is 13.6 Å². The van der Waals surface area contributed by atoms with Gasteiger partial charge in [0.25, 0.3) is 0 Å². The van der Waals surface area contributed by atoms with Crippen LogP contribution in [0.25, 0.3) is 0 Å². The molecule has 76 valence electrons. The van der Waals surface area contributed by atoms with Crippen molar-refractivity contribution in [2.24, 2.45) is 0 Å². The maximum absolute atomic E-state index is 5.63. The minimum Gasteiger partial charge on any atom is -0.312 e. The lowest BCUT2D eigenvalue weighted by Gasteiger charge is -2.15. The van der Waals surface area contributed by atoms with Gasteiger partial charge in [-0.15, -0.1) is 0 Å². The Balaban J connectivity index is 1.64. The summed E-state index contributed by atoms with van der Waals surface area (Å²) >= 11 is 0. The van der Waals surface area contributed by atoms with Crippen LogP contribution >= 0.6 is 8.60 Å². The lowest BCUT2D eigenvalue weighted by molar-refractivity contribution is 0.148. The Hall–Kier alpha value is 0.310. The van der Waals surface area contributed by atoms with Crippen LogP contribution in [-0.2, 0) is 13.6 Å². The second kappa shape index (κ2) is 4.70. The van der Waals surface area contributed by atoms with Gasteiger partial charge in [-0.2, -0.15) is 0 Å². The van der Waals surface area contributed by atoms with Gasteiger partial charge in [0, 0.05) is 0 Å². The first kappa shape index (κ1) is 9.85. The normalized spacial score (nSPS) is 22.6. The molecule has 0 spiro atoms. The zero-order chi connectivity index (χ0) is 9.10. The Morgan fingerprint density at radius 1 is 1.08 bits per heavy atom. The fourth-order valence-electron chi connectivity index (χ4n) is 0.842. The van der Waals surface area contributed by atoms with Crippen LogP contribution in [0.1, 0.15) is 39.0 Å². The molecule has 0 aliphatic heterocycles. The summed E-state index contributed by atoms with van der Waals surface area (Å²) in [7, 11) is -1.02. The van der Waals surface area contributed by atoms with E-state index in [1.807, 2.05) is 0 Å². The van der Waals surface area contributed by atoms with Gasteiger partial charge in [0.1, 0.15) is 0 Å². The van der Waals surface area contributed by atoms with Gasteiger partial charge in [-0.05, 0) is 32.1 Å². The molecule has 2 aliphatic rings. The molecule has 2 aliphatic carbocycles. The highest BCUT2D eigenvalue weighted by Gasteiger charge is 2.33. The van der Waals surface area contributed by atoms with Crippen LogP contribution < -0.4 is 0 Å². The van der Waals surface area contributed by atoms with Gasteiger partial charge in [-0.1, -0.05) is 6.92 Å². The van der Waals surface area contributed by atoms with Crippen molar-refractivity contribution >= 4 is 8.60 Å². The highest BCUT2D eigenvalue weighted by molar-refractivity contribution is 7.41. The minimum atomic E-state index is -1.02. The van der Waals surface area contributed by atoms with E-state index in [0.29, 0.717) is 12.2 Å². The summed E-state index contributed by atoms with van der Waals surface area (Å²) in [5, 5.41) is 0. The van der Waals surface area contributed by atoms with Crippen molar-refractivity contribution in [1.29, 1.82) is 0 Å². The molecular weight excluding hydrogens is 187 g/mol. The van der Waals surface area contributed by atoms with Crippen LogP contribution in [0.3, 0.4) is 0 Å². The molecule has 13 heavy (non-hydrogen) atoms. The van der Waals surface area contributed by atoms with Crippen LogP contribution in [0.5, 0.6) is 0 Å². The average molecular weight is 204 g/mol. The van der Waals surface area contributed by atoms with Crippen LogP contribution in [0, 0.1) is 0 Å². The molecule has 0 saturated heterocycles. The Morgan fingerprint density at radius 3 is 2.00 bits per heavy atom. The Morgan fingerprint density at radius 2 is 1.62 bits per heavy atom. The lowest BCUT2D eigenvalue weighted by Crippen LogP contribution is -1.99. The third kappa shape index (κ3) is 3.90. The Kier molecular flexibility index (Phi) is 3.56. The van der Waals surface area contributed by atoms with Crippen molar-refractivity contribution in [1.82, 2.24) is 0 Å². The zero-order valence-corrected chi connectivity index (χ0v) is 8.96. The third-order valence-corrected chi connectivity index (χ3v) is 3.25. The second-order valence-electron chi connectivity index (χ2n) is 3.67. The van der Waals surface area contributed by atoms with E-state index in [0.717, 1.165) is 13.0 Å². The fraction of sp³-hybridized carbons (Fsp3) is 1.00. The quantitative estimate of drug-likeness (QED) is 0.596. The molecule has 0 unspecified atom stereocenters. The fourth-order valence-corrected chi connectivity index (χ4v) is 2.25. The summed E-state index contributed by atoms with van der Waals surface area (Å²) in [6, 6.07) is 0. The predicted molar refractivity (Wildman–Crippen MR) is 51.4 cm³/mol. The topological polar surface area (TPSA) is 27.7 Å². The summed E-state index contributed by atoms with van der Waals surface area (Å²) in [5.41, 5.74) is 0. The SMILES string of the molecule is CCCOP(OC1CC1)OC1CC1. The molecule has 2 rings (SSSR count). The maximum Gasteiger partial charge on any atom is 0.333 e. The van der Waals surface area contributed by atoms with Gasteiger partial charge in [-0.25, -0.2) is 0 Å². The summed E-state index contributed by atoms with van der Waals surface area (Å²) < 4.78 is 16.8. The van der Waals surface area contributed by atoms with Crippen molar-refractivity contribution in [3.8, 4) is 0 Å². The monoisotopic (exact) mass is 204 g/mol. The molecular formula is C9H17O3P. The van der Waals surface area contributed by atoms with Gasteiger partial charge in [0.05, 0.1) is 18.8 Å². The van der Waals surface area contributed by atoms with Crippen LogP contribution in [0.4, 0.5) is 0 Å².